The first kappa shape index (κ1) is 13.4. The number of hydrogen-bond acceptors (Lipinski definition) is 3. The largest absolute Gasteiger partial charge is 0.438 e. The van der Waals surface area contributed by atoms with Crippen molar-refractivity contribution in [3.8, 4) is 0 Å². The molecule has 0 spiro atoms. The van der Waals surface area contributed by atoms with Crippen molar-refractivity contribution in [2.24, 2.45) is 4.99 Å². The second-order valence-corrected chi connectivity index (χ2v) is 5.58. The molecule has 1 saturated heterocycles. The molecule has 0 N–H and O–H groups in total. The number of hydrogen-bond donors (Lipinski definition) is 0. The Kier molecular flexibility index (Phi) is 3.87. The summed E-state index contributed by atoms with van der Waals surface area (Å²) in [6.45, 7) is 2.06. The molecule has 0 atom stereocenters. The third-order valence-electron chi connectivity index (χ3n) is 3.25. The maximum atomic E-state index is 12.8. The SMILES string of the molecule is Fc1ccc(N=Cc2cc(Br)c(N3CCCC3)o2)cc1. The normalized spacial score (nSPS) is 15.4. The zero-order chi connectivity index (χ0) is 13.9. The van der Waals surface area contributed by atoms with E-state index >= 15 is 0 Å². The molecule has 3 rings (SSSR count). The molecule has 1 aromatic carbocycles. The van der Waals surface area contributed by atoms with E-state index in [0.717, 1.165) is 23.4 Å². The van der Waals surface area contributed by atoms with Crippen molar-refractivity contribution in [1.82, 2.24) is 0 Å². The molecule has 2 aromatic rings. The highest BCUT2D eigenvalue weighted by Crippen LogP contribution is 2.32. The van der Waals surface area contributed by atoms with E-state index in [2.05, 4.69) is 25.8 Å². The van der Waals surface area contributed by atoms with Crippen LogP contribution in [0.5, 0.6) is 0 Å². The van der Waals surface area contributed by atoms with Gasteiger partial charge >= 0.3 is 0 Å². The van der Waals surface area contributed by atoms with Gasteiger partial charge in [0.25, 0.3) is 0 Å². The maximum Gasteiger partial charge on any atom is 0.210 e. The average molecular weight is 337 g/mol. The molecule has 1 aliphatic heterocycles. The van der Waals surface area contributed by atoms with Crippen molar-refractivity contribution >= 4 is 33.7 Å². The summed E-state index contributed by atoms with van der Waals surface area (Å²) in [7, 11) is 0. The van der Waals surface area contributed by atoms with Gasteiger partial charge in [-0.05, 0) is 53.0 Å². The number of nitrogens with zero attached hydrogens (tertiary/aromatic N) is 2. The van der Waals surface area contributed by atoms with Crippen LogP contribution in [0.2, 0.25) is 0 Å². The molecule has 3 nitrogen and oxygen atoms in total. The van der Waals surface area contributed by atoms with Crippen LogP contribution in [0.15, 0.2) is 44.2 Å². The number of furan rings is 1. The molecule has 1 aliphatic rings. The first-order valence-corrected chi connectivity index (χ1v) is 7.35. The minimum absolute atomic E-state index is 0.263. The third kappa shape index (κ3) is 2.93. The Morgan fingerprint density at radius 1 is 1.20 bits per heavy atom. The summed E-state index contributed by atoms with van der Waals surface area (Å²) in [6, 6.07) is 7.94. The molecule has 2 heterocycles. The number of halogens is 2. The van der Waals surface area contributed by atoms with E-state index in [4.69, 9.17) is 4.42 Å². The maximum absolute atomic E-state index is 12.8. The lowest BCUT2D eigenvalue weighted by atomic mass is 10.3. The minimum Gasteiger partial charge on any atom is -0.438 e. The van der Waals surface area contributed by atoms with E-state index in [9.17, 15) is 4.39 Å². The summed E-state index contributed by atoms with van der Waals surface area (Å²) in [6.07, 6.45) is 4.05. The zero-order valence-corrected chi connectivity index (χ0v) is 12.4. The molecule has 5 heteroatoms. The summed E-state index contributed by atoms with van der Waals surface area (Å²) in [4.78, 5) is 6.50. The summed E-state index contributed by atoms with van der Waals surface area (Å²) in [5, 5.41) is 0. The van der Waals surface area contributed by atoms with Crippen LogP contribution in [-0.4, -0.2) is 19.3 Å². The van der Waals surface area contributed by atoms with Crippen LogP contribution in [0, 0.1) is 5.82 Å². The smallest absolute Gasteiger partial charge is 0.210 e. The van der Waals surface area contributed by atoms with Gasteiger partial charge in [0, 0.05) is 19.2 Å². The van der Waals surface area contributed by atoms with E-state index in [1.54, 1.807) is 18.3 Å². The van der Waals surface area contributed by atoms with Crippen LogP contribution in [-0.2, 0) is 0 Å². The van der Waals surface area contributed by atoms with Crippen LogP contribution in [0.1, 0.15) is 18.6 Å². The van der Waals surface area contributed by atoms with Gasteiger partial charge in [0.2, 0.25) is 5.88 Å². The van der Waals surface area contributed by atoms with Gasteiger partial charge in [-0.2, -0.15) is 0 Å². The molecule has 0 radical (unpaired) electrons. The number of rotatable bonds is 3. The molecule has 0 amide bonds. The summed E-state index contributed by atoms with van der Waals surface area (Å²) >= 11 is 3.52. The van der Waals surface area contributed by atoms with Crippen molar-refractivity contribution in [3.63, 3.8) is 0 Å². The fraction of sp³-hybridized carbons (Fsp3) is 0.267. The minimum atomic E-state index is -0.263. The lowest BCUT2D eigenvalue weighted by molar-refractivity contribution is 0.549. The first-order chi connectivity index (χ1) is 9.72. The van der Waals surface area contributed by atoms with Gasteiger partial charge in [-0.1, -0.05) is 0 Å². The van der Waals surface area contributed by atoms with E-state index in [1.165, 1.54) is 25.0 Å². The molecular formula is C15H14BrFN2O. The predicted octanol–water partition coefficient (Wildman–Crippen LogP) is 4.53. The Morgan fingerprint density at radius 3 is 2.60 bits per heavy atom. The van der Waals surface area contributed by atoms with Crippen LogP contribution < -0.4 is 4.90 Å². The van der Waals surface area contributed by atoms with Gasteiger partial charge < -0.3 is 9.32 Å². The molecule has 104 valence electrons. The summed E-state index contributed by atoms with van der Waals surface area (Å²) in [5.74, 6) is 1.28. The van der Waals surface area contributed by atoms with Crippen molar-refractivity contribution in [1.29, 1.82) is 0 Å². The first-order valence-electron chi connectivity index (χ1n) is 6.56. The summed E-state index contributed by atoms with van der Waals surface area (Å²) in [5.41, 5.74) is 0.696. The molecule has 0 bridgehead atoms. The highest BCUT2D eigenvalue weighted by Gasteiger charge is 2.19. The van der Waals surface area contributed by atoms with Crippen molar-refractivity contribution in [3.05, 3.63) is 46.4 Å². The van der Waals surface area contributed by atoms with Gasteiger partial charge in [-0.3, -0.25) is 4.99 Å². The van der Waals surface area contributed by atoms with Crippen molar-refractivity contribution < 1.29 is 8.81 Å². The highest BCUT2D eigenvalue weighted by atomic mass is 79.9. The molecule has 0 aliphatic carbocycles. The quantitative estimate of drug-likeness (QED) is 0.770. The second-order valence-electron chi connectivity index (χ2n) is 4.73. The molecular weight excluding hydrogens is 323 g/mol. The van der Waals surface area contributed by atoms with Crippen molar-refractivity contribution in [2.45, 2.75) is 12.8 Å². The number of aliphatic imine (C=N–C) groups is 1. The van der Waals surface area contributed by atoms with Gasteiger partial charge in [-0.25, -0.2) is 4.39 Å². The number of benzene rings is 1. The Hall–Kier alpha value is -1.62. The second kappa shape index (κ2) is 5.79. The van der Waals surface area contributed by atoms with Gasteiger partial charge in [-0.15, -0.1) is 0 Å². The van der Waals surface area contributed by atoms with Gasteiger partial charge in [0.05, 0.1) is 16.4 Å². The average Bonchev–Trinajstić information content (AvgIpc) is 3.07. The van der Waals surface area contributed by atoms with E-state index in [1.807, 2.05) is 6.07 Å². The Morgan fingerprint density at radius 2 is 1.90 bits per heavy atom. The predicted molar refractivity (Wildman–Crippen MR) is 81.5 cm³/mol. The molecule has 1 fully saturated rings. The number of anilines is 1. The van der Waals surface area contributed by atoms with E-state index in [-0.39, 0.29) is 5.82 Å². The Balaban J connectivity index is 1.77. The van der Waals surface area contributed by atoms with E-state index in [0.29, 0.717) is 11.4 Å². The topological polar surface area (TPSA) is 28.7 Å². The Labute approximate surface area is 125 Å². The molecule has 20 heavy (non-hydrogen) atoms. The Bertz CT molecular complexity index is 615. The highest BCUT2D eigenvalue weighted by molar-refractivity contribution is 9.10. The van der Waals surface area contributed by atoms with Crippen LogP contribution in [0.4, 0.5) is 16.0 Å². The fourth-order valence-corrected chi connectivity index (χ4v) is 2.80. The van der Waals surface area contributed by atoms with Crippen LogP contribution >= 0.6 is 15.9 Å². The standard InChI is InChI=1S/C15H14BrFN2O/c16-14-9-13(20-15(14)19-7-1-2-8-19)10-18-12-5-3-11(17)4-6-12/h3-6,9-10H,1-2,7-8H2. The van der Waals surface area contributed by atoms with Crippen LogP contribution in [0.25, 0.3) is 0 Å². The monoisotopic (exact) mass is 336 g/mol. The lowest BCUT2D eigenvalue weighted by Gasteiger charge is -2.13. The third-order valence-corrected chi connectivity index (χ3v) is 3.82. The zero-order valence-electron chi connectivity index (χ0n) is 10.9. The fourth-order valence-electron chi connectivity index (χ4n) is 2.24. The molecule has 1 aromatic heterocycles. The molecule has 0 saturated carbocycles. The summed E-state index contributed by atoms with van der Waals surface area (Å²) < 4.78 is 19.5. The molecule has 0 unspecified atom stereocenters. The van der Waals surface area contributed by atoms with Gasteiger partial charge in [0.1, 0.15) is 11.6 Å². The van der Waals surface area contributed by atoms with Crippen molar-refractivity contribution in [2.75, 3.05) is 18.0 Å². The van der Waals surface area contributed by atoms with Gasteiger partial charge in [0.15, 0.2) is 0 Å². The van der Waals surface area contributed by atoms with Crippen LogP contribution in [0.3, 0.4) is 0 Å². The van der Waals surface area contributed by atoms with E-state index < -0.39 is 0 Å². The lowest BCUT2D eigenvalue weighted by Crippen LogP contribution is -2.17.